The normalized spacial score (nSPS) is 16.1. The molecule has 2 heteroatoms. The van der Waals surface area contributed by atoms with E-state index in [0.717, 1.165) is 31.8 Å². The van der Waals surface area contributed by atoms with Crippen LogP contribution in [0.2, 0.25) is 0 Å². The Balaban J connectivity index is 1.79. The molecule has 0 saturated heterocycles. The molecule has 0 aromatic heterocycles. The van der Waals surface area contributed by atoms with Crippen molar-refractivity contribution in [3.05, 3.63) is 35.9 Å². The summed E-state index contributed by atoms with van der Waals surface area (Å²) >= 11 is 0. The Morgan fingerprint density at radius 3 is 2.50 bits per heavy atom. The molecule has 0 radical (unpaired) electrons. The van der Waals surface area contributed by atoms with E-state index in [1.165, 1.54) is 37.7 Å². The van der Waals surface area contributed by atoms with Gasteiger partial charge in [0.25, 0.3) is 0 Å². The lowest BCUT2D eigenvalue weighted by atomic mass is 9.86. The minimum absolute atomic E-state index is 0.321. The van der Waals surface area contributed by atoms with E-state index in [-0.39, 0.29) is 0 Å². The first kappa shape index (κ1) is 15.1. The predicted molar refractivity (Wildman–Crippen MR) is 83.3 cm³/mol. The van der Waals surface area contributed by atoms with Crippen LogP contribution in [0.15, 0.2) is 30.3 Å². The molecule has 0 aliphatic heterocycles. The first-order valence-electron chi connectivity index (χ1n) is 8.11. The number of carbonyl (C=O) groups excluding carboxylic acids is 1. The fraction of sp³-hybridized carbons (Fsp3) is 0.611. The zero-order valence-electron chi connectivity index (χ0n) is 12.7. The van der Waals surface area contributed by atoms with Gasteiger partial charge in [0.15, 0.2) is 0 Å². The van der Waals surface area contributed by atoms with E-state index in [1.807, 2.05) is 23.1 Å². The molecule has 0 bridgehead atoms. The van der Waals surface area contributed by atoms with Crippen molar-refractivity contribution < 1.29 is 4.79 Å². The monoisotopic (exact) mass is 273 g/mol. The highest BCUT2D eigenvalue weighted by Crippen LogP contribution is 2.27. The van der Waals surface area contributed by atoms with Gasteiger partial charge in [-0.1, -0.05) is 62.4 Å². The van der Waals surface area contributed by atoms with Crippen molar-refractivity contribution in [2.24, 2.45) is 5.92 Å². The number of hydrogen-bond donors (Lipinski definition) is 0. The summed E-state index contributed by atoms with van der Waals surface area (Å²) in [4.78, 5) is 14.3. The number of benzene rings is 1. The predicted octanol–water partition coefficient (Wildman–Crippen LogP) is 4.40. The summed E-state index contributed by atoms with van der Waals surface area (Å²) in [6.07, 6.45) is 8.59. The van der Waals surface area contributed by atoms with Gasteiger partial charge in [-0.2, -0.15) is 0 Å². The molecular weight excluding hydrogens is 246 g/mol. The fourth-order valence-corrected chi connectivity index (χ4v) is 3.14. The van der Waals surface area contributed by atoms with Crippen LogP contribution < -0.4 is 0 Å². The third-order valence-electron chi connectivity index (χ3n) is 4.44. The van der Waals surface area contributed by atoms with E-state index in [9.17, 15) is 4.79 Å². The van der Waals surface area contributed by atoms with Crippen molar-refractivity contribution >= 4 is 5.91 Å². The van der Waals surface area contributed by atoms with Gasteiger partial charge in [-0.25, -0.2) is 0 Å². The van der Waals surface area contributed by atoms with Gasteiger partial charge in [0, 0.05) is 19.5 Å². The molecule has 0 N–H and O–H groups in total. The zero-order valence-corrected chi connectivity index (χ0v) is 12.7. The molecule has 1 aliphatic rings. The Morgan fingerprint density at radius 1 is 1.15 bits per heavy atom. The molecular formula is C18H27NO. The minimum Gasteiger partial charge on any atom is -0.339 e. The van der Waals surface area contributed by atoms with Crippen molar-refractivity contribution in [3.8, 4) is 0 Å². The van der Waals surface area contributed by atoms with E-state index < -0.39 is 0 Å². The molecule has 1 aromatic rings. The highest BCUT2D eigenvalue weighted by atomic mass is 16.2. The van der Waals surface area contributed by atoms with Crippen molar-refractivity contribution in [2.45, 2.75) is 58.4 Å². The van der Waals surface area contributed by atoms with Gasteiger partial charge in [0.1, 0.15) is 0 Å². The first-order valence-corrected chi connectivity index (χ1v) is 8.11. The summed E-state index contributed by atoms with van der Waals surface area (Å²) in [7, 11) is 0. The van der Waals surface area contributed by atoms with Crippen molar-refractivity contribution in [1.29, 1.82) is 0 Å². The molecule has 110 valence electrons. The lowest BCUT2D eigenvalue weighted by Gasteiger charge is -2.24. The Morgan fingerprint density at radius 2 is 1.85 bits per heavy atom. The van der Waals surface area contributed by atoms with E-state index in [2.05, 4.69) is 19.1 Å². The second-order valence-electron chi connectivity index (χ2n) is 5.94. The third kappa shape index (κ3) is 4.66. The maximum absolute atomic E-state index is 12.3. The van der Waals surface area contributed by atoms with Crippen LogP contribution in [0, 0.1) is 5.92 Å². The quantitative estimate of drug-likeness (QED) is 0.752. The molecule has 2 rings (SSSR count). The Labute approximate surface area is 123 Å². The lowest BCUT2D eigenvalue weighted by molar-refractivity contribution is -0.132. The first-order chi connectivity index (χ1) is 9.79. The summed E-state index contributed by atoms with van der Waals surface area (Å²) in [6, 6.07) is 10.3. The topological polar surface area (TPSA) is 20.3 Å². The maximum Gasteiger partial charge on any atom is 0.222 e. The average Bonchev–Trinajstić information content (AvgIpc) is 2.52. The van der Waals surface area contributed by atoms with Gasteiger partial charge in [-0.05, 0) is 24.8 Å². The third-order valence-corrected chi connectivity index (χ3v) is 4.44. The van der Waals surface area contributed by atoms with Crippen molar-refractivity contribution in [2.75, 3.05) is 6.54 Å². The summed E-state index contributed by atoms with van der Waals surface area (Å²) in [5.41, 5.74) is 1.22. The molecule has 2 nitrogen and oxygen atoms in total. The maximum atomic E-state index is 12.3. The Kier molecular flexibility index (Phi) is 6.10. The van der Waals surface area contributed by atoms with Gasteiger partial charge in [-0.15, -0.1) is 0 Å². The number of carbonyl (C=O) groups is 1. The van der Waals surface area contributed by atoms with Gasteiger partial charge >= 0.3 is 0 Å². The van der Waals surface area contributed by atoms with E-state index in [1.54, 1.807) is 0 Å². The lowest BCUT2D eigenvalue weighted by Crippen LogP contribution is -2.30. The highest BCUT2D eigenvalue weighted by Gasteiger charge is 2.17. The molecule has 1 amide bonds. The fourth-order valence-electron chi connectivity index (χ4n) is 3.14. The summed E-state index contributed by atoms with van der Waals surface area (Å²) in [6.45, 7) is 3.63. The van der Waals surface area contributed by atoms with E-state index >= 15 is 0 Å². The van der Waals surface area contributed by atoms with Crippen LogP contribution in [0.4, 0.5) is 0 Å². The molecule has 1 fully saturated rings. The Bertz CT molecular complexity index is 395. The number of amides is 1. The molecule has 1 saturated carbocycles. The molecule has 0 spiro atoms. The van der Waals surface area contributed by atoms with Crippen molar-refractivity contribution in [3.63, 3.8) is 0 Å². The van der Waals surface area contributed by atoms with Crippen LogP contribution in [0.3, 0.4) is 0 Å². The summed E-state index contributed by atoms with van der Waals surface area (Å²) in [5, 5.41) is 0. The Hall–Kier alpha value is -1.31. The number of rotatable bonds is 6. The largest absolute Gasteiger partial charge is 0.339 e. The van der Waals surface area contributed by atoms with E-state index in [0.29, 0.717) is 5.91 Å². The number of nitrogens with zero attached hydrogens (tertiary/aromatic N) is 1. The van der Waals surface area contributed by atoms with Gasteiger partial charge in [-0.3, -0.25) is 4.79 Å². The van der Waals surface area contributed by atoms with Crippen LogP contribution in [0.1, 0.15) is 57.4 Å². The number of hydrogen-bond acceptors (Lipinski definition) is 1. The van der Waals surface area contributed by atoms with Crippen molar-refractivity contribution in [1.82, 2.24) is 4.90 Å². The molecule has 1 aromatic carbocycles. The van der Waals surface area contributed by atoms with Crippen LogP contribution in [-0.2, 0) is 11.3 Å². The average molecular weight is 273 g/mol. The summed E-state index contributed by atoms with van der Waals surface area (Å²) < 4.78 is 0. The second-order valence-corrected chi connectivity index (χ2v) is 5.94. The van der Waals surface area contributed by atoms with Gasteiger partial charge in [0.2, 0.25) is 5.91 Å². The van der Waals surface area contributed by atoms with Gasteiger partial charge < -0.3 is 4.90 Å². The zero-order chi connectivity index (χ0) is 14.2. The second kappa shape index (κ2) is 8.08. The molecule has 1 aliphatic carbocycles. The van der Waals surface area contributed by atoms with Crippen LogP contribution in [-0.4, -0.2) is 17.4 Å². The smallest absolute Gasteiger partial charge is 0.222 e. The van der Waals surface area contributed by atoms with Crippen LogP contribution in [0.25, 0.3) is 0 Å². The molecule has 0 atom stereocenters. The van der Waals surface area contributed by atoms with Crippen LogP contribution >= 0.6 is 0 Å². The van der Waals surface area contributed by atoms with Gasteiger partial charge in [0.05, 0.1) is 0 Å². The molecule has 0 unspecified atom stereocenters. The summed E-state index contributed by atoms with van der Waals surface area (Å²) in [5.74, 6) is 1.12. The molecule has 0 heterocycles. The molecule has 20 heavy (non-hydrogen) atoms. The standard InChI is InChI=1S/C18H27NO/c1-2-19(15-17-11-7-4-8-12-17)18(20)14-13-16-9-5-3-6-10-16/h4,7-8,11-12,16H,2-3,5-6,9-10,13-15H2,1H3. The minimum atomic E-state index is 0.321. The van der Waals surface area contributed by atoms with Crippen LogP contribution in [0.5, 0.6) is 0 Å². The van der Waals surface area contributed by atoms with E-state index in [4.69, 9.17) is 0 Å². The SMILES string of the molecule is CCN(Cc1ccccc1)C(=O)CCC1CCCCC1. The highest BCUT2D eigenvalue weighted by molar-refractivity contribution is 5.76.